The molecule has 5 heteroatoms. The first-order valence-electron chi connectivity index (χ1n) is 5.91. The Bertz CT molecular complexity index is 462. The third-order valence-corrected chi connectivity index (χ3v) is 3.93. The number of carboxylic acids is 1. The summed E-state index contributed by atoms with van der Waals surface area (Å²) in [7, 11) is 0. The SMILES string of the molecule is CC(c1ccc(F)cc1Br)N(CC(=O)O)C1CC1. The van der Waals surface area contributed by atoms with Gasteiger partial charge in [0.1, 0.15) is 5.82 Å². The van der Waals surface area contributed by atoms with Gasteiger partial charge in [0, 0.05) is 16.6 Å². The molecule has 1 aromatic rings. The van der Waals surface area contributed by atoms with E-state index in [4.69, 9.17) is 5.11 Å². The van der Waals surface area contributed by atoms with E-state index in [9.17, 15) is 9.18 Å². The standard InChI is InChI=1S/C13H15BrFNO2/c1-8(11-5-2-9(15)6-12(11)14)16(7-13(17)18)10-3-4-10/h2,5-6,8,10H,3-4,7H2,1H3,(H,17,18). The molecule has 1 saturated carbocycles. The van der Waals surface area contributed by atoms with Crippen molar-refractivity contribution in [2.24, 2.45) is 0 Å². The predicted octanol–water partition coefficient (Wildman–Crippen LogP) is 3.20. The Balaban J connectivity index is 2.21. The zero-order valence-corrected chi connectivity index (χ0v) is 11.7. The molecule has 0 bridgehead atoms. The van der Waals surface area contributed by atoms with E-state index in [0.29, 0.717) is 10.5 Å². The van der Waals surface area contributed by atoms with Crippen molar-refractivity contribution in [1.29, 1.82) is 0 Å². The molecule has 1 aromatic carbocycles. The molecule has 3 nitrogen and oxygen atoms in total. The average Bonchev–Trinajstić information content (AvgIpc) is 3.08. The molecule has 1 aliphatic rings. The maximum absolute atomic E-state index is 13.1. The highest BCUT2D eigenvalue weighted by atomic mass is 79.9. The number of nitrogens with zero attached hydrogens (tertiary/aromatic N) is 1. The summed E-state index contributed by atoms with van der Waals surface area (Å²) in [6.07, 6.45) is 2.08. The summed E-state index contributed by atoms with van der Waals surface area (Å²) in [5.41, 5.74) is 0.921. The molecule has 0 aromatic heterocycles. The molecule has 0 aliphatic heterocycles. The highest BCUT2D eigenvalue weighted by Crippen LogP contribution is 2.36. The van der Waals surface area contributed by atoms with Crippen LogP contribution in [0.4, 0.5) is 4.39 Å². The lowest BCUT2D eigenvalue weighted by atomic mass is 10.1. The van der Waals surface area contributed by atoms with Crippen LogP contribution in [0.3, 0.4) is 0 Å². The van der Waals surface area contributed by atoms with Gasteiger partial charge in [-0.3, -0.25) is 9.69 Å². The van der Waals surface area contributed by atoms with Gasteiger partial charge in [-0.05, 0) is 37.5 Å². The van der Waals surface area contributed by atoms with Crippen LogP contribution in [0.2, 0.25) is 0 Å². The normalized spacial score (nSPS) is 16.9. The maximum atomic E-state index is 13.1. The van der Waals surface area contributed by atoms with Gasteiger partial charge in [0.05, 0.1) is 6.54 Å². The van der Waals surface area contributed by atoms with Crippen molar-refractivity contribution in [2.45, 2.75) is 31.8 Å². The molecule has 1 fully saturated rings. The predicted molar refractivity (Wildman–Crippen MR) is 69.9 cm³/mol. The number of carboxylic acid groups (broad SMARTS) is 1. The Morgan fingerprint density at radius 3 is 2.78 bits per heavy atom. The van der Waals surface area contributed by atoms with E-state index in [1.54, 1.807) is 6.07 Å². The second-order valence-corrected chi connectivity index (χ2v) is 5.49. The van der Waals surface area contributed by atoms with Crippen molar-refractivity contribution >= 4 is 21.9 Å². The third-order valence-electron chi connectivity index (χ3n) is 3.24. The number of hydrogen-bond donors (Lipinski definition) is 1. The van der Waals surface area contributed by atoms with E-state index in [2.05, 4.69) is 15.9 Å². The molecule has 1 aliphatic carbocycles. The first-order valence-corrected chi connectivity index (χ1v) is 6.71. The molecular formula is C13H15BrFNO2. The number of halogens is 2. The highest BCUT2D eigenvalue weighted by Gasteiger charge is 2.34. The Hall–Kier alpha value is -0.940. The van der Waals surface area contributed by atoms with E-state index in [1.165, 1.54) is 12.1 Å². The van der Waals surface area contributed by atoms with E-state index in [1.807, 2.05) is 11.8 Å². The fourth-order valence-corrected chi connectivity index (χ4v) is 2.85. The second kappa shape index (κ2) is 5.36. The fourth-order valence-electron chi connectivity index (χ4n) is 2.16. The number of hydrogen-bond acceptors (Lipinski definition) is 2. The molecule has 0 amide bonds. The summed E-state index contributed by atoms with van der Waals surface area (Å²) in [4.78, 5) is 12.9. The van der Waals surface area contributed by atoms with Crippen LogP contribution in [0.15, 0.2) is 22.7 Å². The van der Waals surface area contributed by atoms with Crippen molar-refractivity contribution in [2.75, 3.05) is 6.54 Å². The minimum absolute atomic E-state index is 0.0235. The minimum atomic E-state index is -0.827. The molecular weight excluding hydrogens is 301 g/mol. The van der Waals surface area contributed by atoms with Crippen LogP contribution in [0.25, 0.3) is 0 Å². The molecule has 1 unspecified atom stereocenters. The van der Waals surface area contributed by atoms with Crippen LogP contribution in [0.5, 0.6) is 0 Å². The summed E-state index contributed by atoms with van der Waals surface area (Å²) < 4.78 is 13.7. The lowest BCUT2D eigenvalue weighted by Crippen LogP contribution is -2.34. The van der Waals surface area contributed by atoms with Gasteiger partial charge < -0.3 is 5.11 Å². The summed E-state index contributed by atoms with van der Waals surface area (Å²) in [6.45, 7) is 1.98. The summed E-state index contributed by atoms with van der Waals surface area (Å²) in [5.74, 6) is -1.12. The molecule has 1 atom stereocenters. The first kappa shape index (κ1) is 13.5. The van der Waals surface area contributed by atoms with Crippen LogP contribution in [-0.2, 0) is 4.79 Å². The molecule has 2 rings (SSSR count). The monoisotopic (exact) mass is 315 g/mol. The number of carbonyl (C=O) groups is 1. The lowest BCUT2D eigenvalue weighted by molar-refractivity contribution is -0.139. The fraction of sp³-hybridized carbons (Fsp3) is 0.462. The Morgan fingerprint density at radius 2 is 2.28 bits per heavy atom. The molecule has 0 spiro atoms. The van der Waals surface area contributed by atoms with Gasteiger partial charge >= 0.3 is 5.97 Å². The Kier molecular flexibility index (Phi) is 4.02. The van der Waals surface area contributed by atoms with Crippen molar-refractivity contribution < 1.29 is 14.3 Å². The summed E-state index contributed by atoms with van der Waals surface area (Å²) in [6, 6.07) is 4.83. The molecule has 18 heavy (non-hydrogen) atoms. The molecule has 0 saturated heterocycles. The van der Waals surface area contributed by atoms with Gasteiger partial charge in [0.2, 0.25) is 0 Å². The Labute approximate surface area is 114 Å². The van der Waals surface area contributed by atoms with Crippen molar-refractivity contribution in [3.8, 4) is 0 Å². The largest absolute Gasteiger partial charge is 0.480 e. The highest BCUT2D eigenvalue weighted by molar-refractivity contribution is 9.10. The van der Waals surface area contributed by atoms with Crippen LogP contribution in [-0.4, -0.2) is 28.6 Å². The zero-order valence-electron chi connectivity index (χ0n) is 10.1. The van der Waals surface area contributed by atoms with E-state index >= 15 is 0 Å². The molecule has 0 radical (unpaired) electrons. The maximum Gasteiger partial charge on any atom is 0.317 e. The smallest absolute Gasteiger partial charge is 0.317 e. The molecule has 98 valence electrons. The summed E-state index contributed by atoms with van der Waals surface area (Å²) in [5, 5.41) is 8.96. The van der Waals surface area contributed by atoms with Gasteiger partial charge in [-0.15, -0.1) is 0 Å². The van der Waals surface area contributed by atoms with Crippen LogP contribution in [0.1, 0.15) is 31.4 Å². The lowest BCUT2D eigenvalue weighted by Gasteiger charge is -2.28. The van der Waals surface area contributed by atoms with Gasteiger partial charge in [-0.2, -0.15) is 0 Å². The van der Waals surface area contributed by atoms with Crippen LogP contribution >= 0.6 is 15.9 Å². The summed E-state index contributed by atoms with van der Waals surface area (Å²) >= 11 is 3.34. The average molecular weight is 316 g/mol. The second-order valence-electron chi connectivity index (χ2n) is 4.64. The van der Waals surface area contributed by atoms with Gasteiger partial charge in [-0.1, -0.05) is 22.0 Å². The zero-order chi connectivity index (χ0) is 13.3. The molecule has 0 heterocycles. The van der Waals surface area contributed by atoms with E-state index in [-0.39, 0.29) is 18.4 Å². The van der Waals surface area contributed by atoms with Crippen LogP contribution < -0.4 is 0 Å². The molecule has 1 N–H and O–H groups in total. The number of aliphatic carboxylic acids is 1. The van der Waals surface area contributed by atoms with Gasteiger partial charge in [0.25, 0.3) is 0 Å². The van der Waals surface area contributed by atoms with E-state index < -0.39 is 5.97 Å². The van der Waals surface area contributed by atoms with E-state index in [0.717, 1.165) is 18.4 Å². The minimum Gasteiger partial charge on any atom is -0.480 e. The van der Waals surface area contributed by atoms with Gasteiger partial charge in [-0.25, -0.2) is 4.39 Å². The number of benzene rings is 1. The van der Waals surface area contributed by atoms with Crippen LogP contribution in [0, 0.1) is 5.82 Å². The Morgan fingerprint density at radius 1 is 1.61 bits per heavy atom. The quantitative estimate of drug-likeness (QED) is 0.907. The first-order chi connectivity index (χ1) is 8.49. The van der Waals surface area contributed by atoms with Crippen molar-refractivity contribution in [1.82, 2.24) is 4.90 Å². The van der Waals surface area contributed by atoms with Gasteiger partial charge in [0.15, 0.2) is 0 Å². The number of rotatable bonds is 5. The third kappa shape index (κ3) is 3.09. The topological polar surface area (TPSA) is 40.5 Å². The van der Waals surface area contributed by atoms with Crippen molar-refractivity contribution in [3.05, 3.63) is 34.1 Å². The van der Waals surface area contributed by atoms with Crippen molar-refractivity contribution in [3.63, 3.8) is 0 Å².